The maximum atomic E-state index is 13.9. The van der Waals surface area contributed by atoms with E-state index in [1.54, 1.807) is 24.1 Å². The number of benzene rings is 1. The molecular weight excluding hydrogens is 421 g/mol. The quantitative estimate of drug-likeness (QED) is 0.320. The minimum atomic E-state index is -1.07. The second kappa shape index (κ2) is 14.0. The van der Waals surface area contributed by atoms with Crippen molar-refractivity contribution in [1.82, 2.24) is 15.2 Å². The fraction of sp³-hybridized carbons (Fsp3) is 0.615. The molecule has 1 heterocycles. The molecule has 0 bridgehead atoms. The number of rotatable bonds is 15. The molecule has 0 saturated heterocycles. The average molecular weight is 462 g/mol. The van der Waals surface area contributed by atoms with Crippen LogP contribution in [0, 0.1) is 5.82 Å². The number of hydrogen-bond acceptors (Lipinski definition) is 3. The van der Waals surface area contributed by atoms with Gasteiger partial charge in [-0.05, 0) is 31.5 Å². The summed E-state index contributed by atoms with van der Waals surface area (Å²) in [5.74, 6) is -1.32. The van der Waals surface area contributed by atoms with E-state index in [2.05, 4.69) is 17.2 Å². The monoisotopic (exact) mass is 461 g/mol. The lowest BCUT2D eigenvalue weighted by molar-refractivity contribution is -0.134. The molecule has 0 aliphatic rings. The van der Waals surface area contributed by atoms with Gasteiger partial charge in [0.25, 0.3) is 5.91 Å². The molecule has 0 unspecified atom stereocenters. The molecule has 2 amide bonds. The van der Waals surface area contributed by atoms with E-state index in [9.17, 15) is 19.1 Å². The number of likely N-dealkylation sites (N-methyl/N-ethyl adjacent to an activating group) is 1. The molecule has 0 fully saturated rings. The van der Waals surface area contributed by atoms with Crippen molar-refractivity contribution in [3.63, 3.8) is 0 Å². The SMILES string of the molecule is CCCCCCCCCCCCN(C)C(=O)[C@@H](NC(=O)c1cc2c(F)cccc2[nH]1)[C@@H](C)O. The molecule has 184 valence electrons. The summed E-state index contributed by atoms with van der Waals surface area (Å²) in [7, 11) is 1.69. The van der Waals surface area contributed by atoms with Gasteiger partial charge in [-0.2, -0.15) is 0 Å². The molecule has 3 N–H and O–H groups in total. The van der Waals surface area contributed by atoms with E-state index < -0.39 is 23.9 Å². The number of hydrogen-bond donors (Lipinski definition) is 3. The molecule has 1 aromatic heterocycles. The van der Waals surface area contributed by atoms with Crippen LogP contribution < -0.4 is 5.32 Å². The van der Waals surface area contributed by atoms with Gasteiger partial charge in [-0.25, -0.2) is 4.39 Å². The summed E-state index contributed by atoms with van der Waals surface area (Å²) in [5, 5.41) is 13.0. The number of amides is 2. The molecule has 0 spiro atoms. The first-order valence-electron chi connectivity index (χ1n) is 12.4. The summed E-state index contributed by atoms with van der Waals surface area (Å²) < 4.78 is 13.9. The second-order valence-electron chi connectivity index (χ2n) is 9.02. The minimum absolute atomic E-state index is 0.144. The molecule has 1 aromatic carbocycles. The lowest BCUT2D eigenvalue weighted by atomic mass is 10.1. The minimum Gasteiger partial charge on any atom is -0.391 e. The van der Waals surface area contributed by atoms with E-state index in [1.807, 2.05) is 0 Å². The highest BCUT2D eigenvalue weighted by Crippen LogP contribution is 2.19. The third kappa shape index (κ3) is 8.46. The number of fused-ring (bicyclic) bond motifs is 1. The number of halogens is 1. The van der Waals surface area contributed by atoms with Crippen LogP contribution in [-0.2, 0) is 4.79 Å². The fourth-order valence-corrected chi connectivity index (χ4v) is 4.03. The van der Waals surface area contributed by atoms with Gasteiger partial charge in [0.2, 0.25) is 5.91 Å². The summed E-state index contributed by atoms with van der Waals surface area (Å²) in [6.07, 6.45) is 11.1. The summed E-state index contributed by atoms with van der Waals surface area (Å²) in [6, 6.07) is 4.90. The number of aliphatic hydroxyl groups is 1. The van der Waals surface area contributed by atoms with Gasteiger partial charge in [-0.1, -0.05) is 70.8 Å². The van der Waals surface area contributed by atoms with Crippen LogP contribution in [0.4, 0.5) is 4.39 Å². The van der Waals surface area contributed by atoms with Gasteiger partial charge in [-0.15, -0.1) is 0 Å². The number of carbonyl (C=O) groups excluding carboxylic acids is 2. The first-order chi connectivity index (χ1) is 15.8. The van der Waals surface area contributed by atoms with Crippen molar-refractivity contribution in [1.29, 1.82) is 0 Å². The maximum Gasteiger partial charge on any atom is 0.268 e. The molecule has 2 rings (SSSR count). The molecule has 0 aliphatic heterocycles. The molecule has 0 saturated carbocycles. The number of aromatic amines is 1. The van der Waals surface area contributed by atoms with E-state index >= 15 is 0 Å². The molecule has 33 heavy (non-hydrogen) atoms. The van der Waals surface area contributed by atoms with Crippen molar-refractivity contribution in [3.8, 4) is 0 Å². The number of aliphatic hydroxyl groups excluding tert-OH is 1. The van der Waals surface area contributed by atoms with Crippen molar-refractivity contribution in [2.45, 2.75) is 90.2 Å². The van der Waals surface area contributed by atoms with Crippen LogP contribution in [-0.4, -0.2) is 52.5 Å². The third-order valence-corrected chi connectivity index (χ3v) is 6.11. The largest absolute Gasteiger partial charge is 0.391 e. The Balaban J connectivity index is 1.77. The highest BCUT2D eigenvalue weighted by molar-refractivity contribution is 6.00. The maximum absolute atomic E-state index is 13.9. The first-order valence-corrected chi connectivity index (χ1v) is 12.4. The lowest BCUT2D eigenvalue weighted by Crippen LogP contribution is -2.53. The van der Waals surface area contributed by atoms with Gasteiger partial charge < -0.3 is 20.3 Å². The number of carbonyl (C=O) groups is 2. The topological polar surface area (TPSA) is 85.4 Å². The van der Waals surface area contributed by atoms with Gasteiger partial charge in [0, 0.05) is 24.5 Å². The second-order valence-corrected chi connectivity index (χ2v) is 9.02. The van der Waals surface area contributed by atoms with Crippen molar-refractivity contribution in [2.75, 3.05) is 13.6 Å². The Hall–Kier alpha value is -2.41. The standard InChI is InChI=1S/C26H40FN3O3/c1-4-5-6-7-8-9-10-11-12-13-17-30(3)26(33)24(19(2)31)29-25(32)23-18-20-21(27)15-14-16-22(20)28-23/h14-16,18-19,24,28,31H,4-13,17H2,1-3H3,(H,29,32)/t19-,24+/m1/s1. The van der Waals surface area contributed by atoms with Gasteiger partial charge in [-0.3, -0.25) is 9.59 Å². The van der Waals surface area contributed by atoms with Gasteiger partial charge in [0.1, 0.15) is 17.6 Å². The lowest BCUT2D eigenvalue weighted by Gasteiger charge is -2.26. The number of nitrogens with zero attached hydrogens (tertiary/aromatic N) is 1. The molecular formula is C26H40FN3O3. The number of nitrogens with one attached hydrogen (secondary N) is 2. The zero-order valence-electron chi connectivity index (χ0n) is 20.3. The summed E-state index contributed by atoms with van der Waals surface area (Å²) in [5.41, 5.74) is 0.643. The van der Waals surface area contributed by atoms with Gasteiger partial charge in [0.15, 0.2) is 0 Å². The van der Waals surface area contributed by atoms with Crippen LogP contribution in [0.25, 0.3) is 10.9 Å². The summed E-state index contributed by atoms with van der Waals surface area (Å²) in [6.45, 7) is 4.28. The van der Waals surface area contributed by atoms with Crippen LogP contribution in [0.3, 0.4) is 0 Å². The van der Waals surface area contributed by atoms with Crippen molar-refractivity contribution < 1.29 is 19.1 Å². The number of unbranched alkanes of at least 4 members (excludes halogenated alkanes) is 9. The Morgan fingerprint density at radius 1 is 1.06 bits per heavy atom. The molecule has 2 atom stereocenters. The first kappa shape index (κ1) is 26.8. The van der Waals surface area contributed by atoms with Gasteiger partial charge in [0.05, 0.1) is 6.10 Å². The normalized spacial score (nSPS) is 13.1. The number of H-pyrrole nitrogens is 1. The zero-order valence-corrected chi connectivity index (χ0v) is 20.3. The van der Waals surface area contributed by atoms with Crippen LogP contribution in [0.15, 0.2) is 24.3 Å². The molecule has 0 radical (unpaired) electrons. The van der Waals surface area contributed by atoms with E-state index in [0.717, 1.165) is 19.3 Å². The molecule has 7 heteroatoms. The summed E-state index contributed by atoms with van der Waals surface area (Å²) in [4.78, 5) is 29.9. The average Bonchev–Trinajstić information content (AvgIpc) is 3.23. The Kier molecular flexibility index (Phi) is 11.4. The predicted octanol–water partition coefficient (Wildman–Crippen LogP) is 5.17. The Bertz CT molecular complexity index is 881. The van der Waals surface area contributed by atoms with Crippen molar-refractivity contribution in [3.05, 3.63) is 35.8 Å². The highest BCUT2D eigenvalue weighted by atomic mass is 19.1. The third-order valence-electron chi connectivity index (χ3n) is 6.11. The highest BCUT2D eigenvalue weighted by Gasteiger charge is 2.29. The zero-order chi connectivity index (χ0) is 24.2. The van der Waals surface area contributed by atoms with E-state index in [1.165, 1.54) is 64.0 Å². The molecule has 2 aromatic rings. The Morgan fingerprint density at radius 2 is 1.67 bits per heavy atom. The van der Waals surface area contributed by atoms with E-state index in [0.29, 0.717) is 17.4 Å². The van der Waals surface area contributed by atoms with E-state index in [-0.39, 0.29) is 11.6 Å². The van der Waals surface area contributed by atoms with Crippen LogP contribution in [0.1, 0.15) is 88.5 Å². The van der Waals surface area contributed by atoms with Crippen LogP contribution in [0.5, 0.6) is 0 Å². The van der Waals surface area contributed by atoms with E-state index in [4.69, 9.17) is 0 Å². The van der Waals surface area contributed by atoms with Crippen molar-refractivity contribution in [2.24, 2.45) is 0 Å². The molecule has 0 aliphatic carbocycles. The number of aromatic nitrogens is 1. The van der Waals surface area contributed by atoms with Crippen molar-refractivity contribution >= 4 is 22.7 Å². The Labute approximate surface area is 196 Å². The molecule has 6 nitrogen and oxygen atoms in total. The predicted molar refractivity (Wildman–Crippen MR) is 131 cm³/mol. The Morgan fingerprint density at radius 3 is 2.24 bits per heavy atom. The van der Waals surface area contributed by atoms with Gasteiger partial charge >= 0.3 is 0 Å². The van der Waals surface area contributed by atoms with Crippen LogP contribution in [0.2, 0.25) is 0 Å². The summed E-state index contributed by atoms with van der Waals surface area (Å²) >= 11 is 0. The smallest absolute Gasteiger partial charge is 0.268 e. The fourth-order valence-electron chi connectivity index (χ4n) is 4.03. The van der Waals surface area contributed by atoms with Crippen LogP contribution >= 0.6 is 0 Å².